The molecule has 2 atom stereocenters. The van der Waals surface area contributed by atoms with Gasteiger partial charge in [0.25, 0.3) is 0 Å². The van der Waals surface area contributed by atoms with Crippen molar-refractivity contribution in [3.63, 3.8) is 0 Å². The molecule has 0 radical (unpaired) electrons. The number of hydrogen-bond acceptors (Lipinski definition) is 4. The molecule has 1 heterocycles. The molecule has 0 aromatic carbocycles. The Labute approximate surface area is 122 Å². The van der Waals surface area contributed by atoms with Crippen LogP contribution in [0.25, 0.3) is 0 Å². The standard InChI is InChI=1S/C15H30N2OS/c1-14(2)8-9-17(10-11-19-14)15(12-16)7-5-4-6-13(15)18-3/h13H,4-12,16H2,1-3H3. The lowest BCUT2D eigenvalue weighted by molar-refractivity contribution is -0.0735. The molecule has 4 heteroatoms. The Morgan fingerprint density at radius 2 is 2.05 bits per heavy atom. The lowest BCUT2D eigenvalue weighted by atomic mass is 9.77. The molecule has 1 saturated heterocycles. The van der Waals surface area contributed by atoms with Crippen molar-refractivity contribution in [3.8, 4) is 0 Å². The Morgan fingerprint density at radius 1 is 1.26 bits per heavy atom. The van der Waals surface area contributed by atoms with Crippen molar-refractivity contribution in [2.24, 2.45) is 5.73 Å². The fourth-order valence-corrected chi connectivity index (χ4v) is 4.82. The first-order valence-corrected chi connectivity index (χ1v) is 8.64. The first kappa shape index (κ1) is 15.6. The minimum Gasteiger partial charge on any atom is -0.379 e. The summed E-state index contributed by atoms with van der Waals surface area (Å²) < 4.78 is 6.22. The number of thioether (sulfide) groups is 1. The average Bonchev–Trinajstić information content (AvgIpc) is 2.59. The van der Waals surface area contributed by atoms with Gasteiger partial charge in [-0.3, -0.25) is 4.90 Å². The van der Waals surface area contributed by atoms with E-state index in [-0.39, 0.29) is 5.54 Å². The Kier molecular flexibility index (Phi) is 5.21. The summed E-state index contributed by atoms with van der Waals surface area (Å²) in [5.74, 6) is 1.21. The summed E-state index contributed by atoms with van der Waals surface area (Å²) in [5.41, 5.74) is 6.32. The highest BCUT2D eigenvalue weighted by molar-refractivity contribution is 8.00. The fraction of sp³-hybridized carbons (Fsp3) is 1.00. The van der Waals surface area contributed by atoms with Crippen molar-refractivity contribution in [2.45, 2.75) is 62.3 Å². The summed E-state index contributed by atoms with van der Waals surface area (Å²) in [6, 6.07) is 0. The lowest BCUT2D eigenvalue weighted by Gasteiger charge is -2.50. The second kappa shape index (κ2) is 6.33. The van der Waals surface area contributed by atoms with Gasteiger partial charge in [-0.05, 0) is 19.3 Å². The number of nitrogens with two attached hydrogens (primary N) is 1. The van der Waals surface area contributed by atoms with E-state index in [2.05, 4.69) is 30.5 Å². The van der Waals surface area contributed by atoms with E-state index in [1.165, 1.54) is 37.9 Å². The minimum absolute atomic E-state index is 0.0913. The van der Waals surface area contributed by atoms with Crippen LogP contribution in [-0.2, 0) is 4.74 Å². The van der Waals surface area contributed by atoms with Crippen LogP contribution in [0.4, 0.5) is 0 Å². The van der Waals surface area contributed by atoms with Gasteiger partial charge in [-0.25, -0.2) is 0 Å². The molecule has 0 aromatic heterocycles. The Hall–Kier alpha value is 0.230. The Bertz CT molecular complexity index is 298. The number of nitrogens with zero attached hydrogens (tertiary/aromatic N) is 1. The molecular formula is C15H30N2OS. The molecule has 0 amide bonds. The van der Waals surface area contributed by atoms with E-state index in [0.29, 0.717) is 10.9 Å². The van der Waals surface area contributed by atoms with Crippen LogP contribution in [0.5, 0.6) is 0 Å². The van der Waals surface area contributed by atoms with Crippen LogP contribution < -0.4 is 5.73 Å². The molecule has 0 aromatic rings. The molecule has 112 valence electrons. The summed E-state index contributed by atoms with van der Waals surface area (Å²) in [6.45, 7) is 7.79. The molecule has 0 spiro atoms. The predicted octanol–water partition coefficient (Wildman–Crippen LogP) is 2.49. The molecule has 2 fully saturated rings. The highest BCUT2D eigenvalue weighted by Crippen LogP contribution is 2.39. The SMILES string of the molecule is COC1CCCCC1(CN)N1CCSC(C)(C)CC1. The van der Waals surface area contributed by atoms with Crippen LogP contribution in [-0.4, -0.2) is 53.8 Å². The van der Waals surface area contributed by atoms with E-state index in [1.54, 1.807) is 0 Å². The van der Waals surface area contributed by atoms with Crippen molar-refractivity contribution in [2.75, 3.05) is 32.5 Å². The number of rotatable bonds is 3. The molecule has 2 unspecified atom stereocenters. The van der Waals surface area contributed by atoms with Crippen LogP contribution in [0.2, 0.25) is 0 Å². The molecule has 1 aliphatic carbocycles. The van der Waals surface area contributed by atoms with Crippen molar-refractivity contribution < 1.29 is 4.74 Å². The third kappa shape index (κ3) is 3.29. The summed E-state index contributed by atoms with van der Waals surface area (Å²) in [6.07, 6.45) is 6.51. The van der Waals surface area contributed by atoms with Gasteiger partial charge in [0.15, 0.2) is 0 Å². The smallest absolute Gasteiger partial charge is 0.0767 e. The van der Waals surface area contributed by atoms with Crippen molar-refractivity contribution in [1.29, 1.82) is 0 Å². The molecule has 3 nitrogen and oxygen atoms in total. The maximum absolute atomic E-state index is 6.23. The fourth-order valence-electron chi connectivity index (χ4n) is 3.72. The van der Waals surface area contributed by atoms with E-state index < -0.39 is 0 Å². The third-order valence-corrected chi connectivity index (χ3v) is 6.40. The van der Waals surface area contributed by atoms with Crippen LogP contribution in [0.3, 0.4) is 0 Å². The second-order valence-electron chi connectivity index (χ2n) is 6.62. The summed E-state index contributed by atoms with van der Waals surface area (Å²) >= 11 is 2.10. The topological polar surface area (TPSA) is 38.5 Å². The quantitative estimate of drug-likeness (QED) is 0.865. The molecule has 2 aliphatic rings. The summed E-state index contributed by atoms with van der Waals surface area (Å²) in [4.78, 5) is 2.65. The zero-order valence-corrected chi connectivity index (χ0v) is 13.6. The van der Waals surface area contributed by atoms with E-state index in [9.17, 15) is 0 Å². The molecule has 1 saturated carbocycles. The van der Waals surface area contributed by atoms with Gasteiger partial charge in [0.1, 0.15) is 0 Å². The van der Waals surface area contributed by atoms with Crippen LogP contribution in [0.1, 0.15) is 46.0 Å². The monoisotopic (exact) mass is 286 g/mol. The lowest BCUT2D eigenvalue weighted by Crippen LogP contribution is -2.63. The van der Waals surface area contributed by atoms with Gasteiger partial charge in [-0.1, -0.05) is 26.7 Å². The summed E-state index contributed by atoms with van der Waals surface area (Å²) in [7, 11) is 1.86. The van der Waals surface area contributed by atoms with Crippen molar-refractivity contribution >= 4 is 11.8 Å². The second-order valence-corrected chi connectivity index (χ2v) is 8.43. The first-order valence-electron chi connectivity index (χ1n) is 7.66. The Morgan fingerprint density at radius 3 is 2.74 bits per heavy atom. The van der Waals surface area contributed by atoms with E-state index >= 15 is 0 Å². The maximum Gasteiger partial charge on any atom is 0.0767 e. The van der Waals surface area contributed by atoms with E-state index in [1.807, 2.05) is 7.11 Å². The third-order valence-electron chi connectivity index (χ3n) is 5.03. The minimum atomic E-state index is 0.0913. The van der Waals surface area contributed by atoms with E-state index in [0.717, 1.165) is 19.6 Å². The van der Waals surface area contributed by atoms with Gasteiger partial charge >= 0.3 is 0 Å². The first-order chi connectivity index (χ1) is 9.04. The van der Waals surface area contributed by atoms with Crippen LogP contribution in [0, 0.1) is 0 Å². The molecule has 2 rings (SSSR count). The van der Waals surface area contributed by atoms with Crippen molar-refractivity contribution in [3.05, 3.63) is 0 Å². The summed E-state index contributed by atoms with van der Waals surface area (Å²) in [5, 5.41) is 0. The zero-order chi connectivity index (χ0) is 13.9. The molecule has 0 bridgehead atoms. The Balaban J connectivity index is 2.15. The average molecular weight is 286 g/mol. The normalized spacial score (nSPS) is 36.9. The predicted molar refractivity (Wildman–Crippen MR) is 83.8 cm³/mol. The number of ether oxygens (including phenoxy) is 1. The maximum atomic E-state index is 6.23. The van der Waals surface area contributed by atoms with Gasteiger partial charge in [0.05, 0.1) is 11.6 Å². The highest BCUT2D eigenvalue weighted by atomic mass is 32.2. The highest BCUT2D eigenvalue weighted by Gasteiger charge is 2.45. The van der Waals surface area contributed by atoms with Gasteiger partial charge in [0.2, 0.25) is 0 Å². The largest absolute Gasteiger partial charge is 0.379 e. The van der Waals surface area contributed by atoms with Gasteiger partial charge in [-0.15, -0.1) is 0 Å². The van der Waals surface area contributed by atoms with Gasteiger partial charge < -0.3 is 10.5 Å². The van der Waals surface area contributed by atoms with Gasteiger partial charge in [-0.2, -0.15) is 11.8 Å². The van der Waals surface area contributed by atoms with Crippen LogP contribution in [0.15, 0.2) is 0 Å². The molecule has 2 N–H and O–H groups in total. The van der Waals surface area contributed by atoms with Gasteiger partial charge in [0, 0.05) is 37.2 Å². The number of methoxy groups -OCH3 is 1. The molecular weight excluding hydrogens is 256 g/mol. The molecule has 19 heavy (non-hydrogen) atoms. The zero-order valence-electron chi connectivity index (χ0n) is 12.8. The van der Waals surface area contributed by atoms with E-state index in [4.69, 9.17) is 10.5 Å². The number of hydrogen-bond donors (Lipinski definition) is 1. The molecule has 1 aliphatic heterocycles. The van der Waals surface area contributed by atoms with Crippen molar-refractivity contribution in [1.82, 2.24) is 4.90 Å². The van der Waals surface area contributed by atoms with Crippen LogP contribution >= 0.6 is 11.8 Å².